The van der Waals surface area contributed by atoms with E-state index in [2.05, 4.69) is 16.5 Å². The largest absolute Gasteiger partial charge is 0.378 e. The van der Waals surface area contributed by atoms with Crippen molar-refractivity contribution in [2.75, 3.05) is 14.2 Å². The first-order valence-electron chi connectivity index (χ1n) is 5.91. The predicted octanol–water partition coefficient (Wildman–Crippen LogP) is 1.64. The fraction of sp³-hybridized carbons (Fsp3) is 0.750. The van der Waals surface area contributed by atoms with E-state index >= 15 is 0 Å². The Kier molecular flexibility index (Phi) is 3.30. The zero-order chi connectivity index (χ0) is 11.6. The van der Waals surface area contributed by atoms with Crippen LogP contribution in [0.15, 0.2) is 12.3 Å². The predicted molar refractivity (Wildman–Crippen MR) is 63.2 cm³/mol. The summed E-state index contributed by atoms with van der Waals surface area (Å²) in [5.41, 5.74) is 1.19. The van der Waals surface area contributed by atoms with Crippen LogP contribution in [-0.4, -0.2) is 29.5 Å². The lowest BCUT2D eigenvalue weighted by Gasteiger charge is -2.42. The van der Waals surface area contributed by atoms with Crippen LogP contribution in [0.1, 0.15) is 37.4 Å². The van der Waals surface area contributed by atoms with Crippen molar-refractivity contribution in [1.29, 1.82) is 0 Å². The molecule has 0 saturated heterocycles. The summed E-state index contributed by atoms with van der Waals surface area (Å²) in [5, 5.41) is 7.79. The minimum atomic E-state index is 0.0885. The molecule has 1 unspecified atom stereocenters. The number of aromatic nitrogens is 2. The Morgan fingerprint density at radius 3 is 2.75 bits per heavy atom. The van der Waals surface area contributed by atoms with Gasteiger partial charge >= 0.3 is 0 Å². The highest BCUT2D eigenvalue weighted by Crippen LogP contribution is 2.41. The maximum atomic E-state index is 5.66. The first kappa shape index (κ1) is 11.6. The SMILES string of the molecule is CNC(CC1(OC)CCC1)c1ccn(C)n1. The van der Waals surface area contributed by atoms with Gasteiger partial charge in [0, 0.05) is 20.4 Å². The molecule has 1 atom stereocenters. The Morgan fingerprint density at radius 1 is 1.62 bits per heavy atom. The highest BCUT2D eigenvalue weighted by molar-refractivity contribution is 5.08. The van der Waals surface area contributed by atoms with Gasteiger partial charge in [0.05, 0.1) is 17.3 Å². The van der Waals surface area contributed by atoms with E-state index in [0.29, 0.717) is 6.04 Å². The van der Waals surface area contributed by atoms with Crippen molar-refractivity contribution in [3.8, 4) is 0 Å². The van der Waals surface area contributed by atoms with E-state index in [1.54, 1.807) is 0 Å². The van der Waals surface area contributed by atoms with E-state index < -0.39 is 0 Å². The summed E-state index contributed by atoms with van der Waals surface area (Å²) in [6.45, 7) is 0. The minimum Gasteiger partial charge on any atom is -0.378 e. The Balaban J connectivity index is 2.05. The second kappa shape index (κ2) is 4.55. The molecule has 1 aliphatic carbocycles. The molecule has 1 aromatic heterocycles. The highest BCUT2D eigenvalue weighted by atomic mass is 16.5. The quantitative estimate of drug-likeness (QED) is 0.825. The average molecular weight is 223 g/mol. The summed E-state index contributed by atoms with van der Waals surface area (Å²) < 4.78 is 7.51. The van der Waals surface area contributed by atoms with Gasteiger partial charge in [-0.15, -0.1) is 0 Å². The van der Waals surface area contributed by atoms with Crippen molar-refractivity contribution >= 4 is 0 Å². The van der Waals surface area contributed by atoms with Gasteiger partial charge in [0.1, 0.15) is 0 Å². The van der Waals surface area contributed by atoms with Crippen LogP contribution >= 0.6 is 0 Å². The summed E-state index contributed by atoms with van der Waals surface area (Å²) >= 11 is 0. The zero-order valence-corrected chi connectivity index (χ0v) is 10.4. The maximum absolute atomic E-state index is 5.66. The minimum absolute atomic E-state index is 0.0885. The first-order chi connectivity index (χ1) is 7.69. The van der Waals surface area contributed by atoms with Crippen molar-refractivity contribution in [3.05, 3.63) is 18.0 Å². The smallest absolute Gasteiger partial charge is 0.0794 e. The molecule has 16 heavy (non-hydrogen) atoms. The molecule has 1 heterocycles. The van der Waals surface area contributed by atoms with Gasteiger partial charge in [-0.2, -0.15) is 5.10 Å². The van der Waals surface area contributed by atoms with Crippen LogP contribution in [0.3, 0.4) is 0 Å². The molecule has 1 aromatic rings. The fourth-order valence-corrected chi connectivity index (χ4v) is 2.41. The summed E-state index contributed by atoms with van der Waals surface area (Å²) in [7, 11) is 5.76. The van der Waals surface area contributed by atoms with Crippen LogP contribution in [-0.2, 0) is 11.8 Å². The third-order valence-corrected chi connectivity index (χ3v) is 3.71. The molecule has 4 heteroatoms. The van der Waals surface area contributed by atoms with Crippen LogP contribution in [0.4, 0.5) is 0 Å². The third-order valence-electron chi connectivity index (χ3n) is 3.71. The molecule has 2 rings (SSSR count). The summed E-state index contributed by atoms with van der Waals surface area (Å²) in [6, 6.07) is 2.37. The molecule has 0 spiro atoms. The number of rotatable bonds is 5. The van der Waals surface area contributed by atoms with Gasteiger partial charge in [-0.25, -0.2) is 0 Å². The number of hydrogen-bond acceptors (Lipinski definition) is 3. The molecule has 1 N–H and O–H groups in total. The van der Waals surface area contributed by atoms with Crippen molar-refractivity contribution < 1.29 is 4.74 Å². The second-order valence-corrected chi connectivity index (χ2v) is 4.70. The lowest BCUT2D eigenvalue weighted by Crippen LogP contribution is -2.42. The first-order valence-corrected chi connectivity index (χ1v) is 5.91. The highest BCUT2D eigenvalue weighted by Gasteiger charge is 2.39. The summed E-state index contributed by atoms with van der Waals surface area (Å²) in [5.74, 6) is 0. The lowest BCUT2D eigenvalue weighted by molar-refractivity contribution is -0.0837. The number of aryl methyl sites for hydroxylation is 1. The van der Waals surface area contributed by atoms with Gasteiger partial charge in [0.15, 0.2) is 0 Å². The van der Waals surface area contributed by atoms with E-state index in [4.69, 9.17) is 4.74 Å². The molecule has 0 aromatic carbocycles. The maximum Gasteiger partial charge on any atom is 0.0794 e. The van der Waals surface area contributed by atoms with Crippen LogP contribution in [0.2, 0.25) is 0 Å². The molecule has 0 radical (unpaired) electrons. The van der Waals surface area contributed by atoms with Crippen LogP contribution in [0.25, 0.3) is 0 Å². The van der Waals surface area contributed by atoms with Crippen molar-refractivity contribution in [3.63, 3.8) is 0 Å². The van der Waals surface area contributed by atoms with Gasteiger partial charge in [-0.05, 0) is 38.8 Å². The Bertz CT molecular complexity index is 338. The fourth-order valence-electron chi connectivity index (χ4n) is 2.41. The normalized spacial score (nSPS) is 20.4. The Morgan fingerprint density at radius 2 is 2.38 bits per heavy atom. The van der Waals surface area contributed by atoms with Crippen molar-refractivity contribution in [1.82, 2.24) is 15.1 Å². The number of nitrogens with zero attached hydrogens (tertiary/aromatic N) is 2. The summed E-state index contributed by atoms with van der Waals surface area (Å²) in [4.78, 5) is 0. The van der Waals surface area contributed by atoms with Gasteiger partial charge in [-0.3, -0.25) is 4.68 Å². The molecule has 0 amide bonds. The molecular weight excluding hydrogens is 202 g/mol. The van der Waals surface area contributed by atoms with Crippen LogP contribution in [0.5, 0.6) is 0 Å². The molecule has 1 fully saturated rings. The average Bonchev–Trinajstić information content (AvgIpc) is 2.65. The number of hydrogen-bond donors (Lipinski definition) is 1. The lowest BCUT2D eigenvalue weighted by atomic mass is 9.75. The van der Waals surface area contributed by atoms with E-state index in [-0.39, 0.29) is 5.60 Å². The van der Waals surface area contributed by atoms with Gasteiger partial charge in [0.25, 0.3) is 0 Å². The molecular formula is C12H21N3O. The monoisotopic (exact) mass is 223 g/mol. The number of ether oxygens (including phenoxy) is 1. The van der Waals surface area contributed by atoms with E-state index in [1.165, 1.54) is 19.3 Å². The Labute approximate surface area is 97.0 Å². The topological polar surface area (TPSA) is 39.1 Å². The zero-order valence-electron chi connectivity index (χ0n) is 10.4. The molecule has 1 aliphatic rings. The number of methoxy groups -OCH3 is 1. The summed E-state index contributed by atoms with van der Waals surface area (Å²) in [6.07, 6.45) is 6.63. The Hall–Kier alpha value is -0.870. The molecule has 1 saturated carbocycles. The van der Waals surface area contributed by atoms with E-state index in [1.807, 2.05) is 32.1 Å². The molecule has 0 bridgehead atoms. The van der Waals surface area contributed by atoms with E-state index in [0.717, 1.165) is 12.1 Å². The third kappa shape index (κ3) is 2.13. The van der Waals surface area contributed by atoms with Gasteiger partial charge < -0.3 is 10.1 Å². The van der Waals surface area contributed by atoms with Crippen molar-refractivity contribution in [2.24, 2.45) is 7.05 Å². The standard InChI is InChI=1S/C12H21N3O/c1-13-11(10-5-8-15(2)14-10)9-12(16-3)6-4-7-12/h5,8,11,13H,4,6-7,9H2,1-3H3. The number of nitrogens with one attached hydrogen (secondary N) is 1. The molecule has 4 nitrogen and oxygen atoms in total. The molecule has 90 valence electrons. The van der Waals surface area contributed by atoms with Gasteiger partial charge in [0.2, 0.25) is 0 Å². The van der Waals surface area contributed by atoms with Crippen molar-refractivity contribution in [2.45, 2.75) is 37.3 Å². The molecule has 0 aliphatic heterocycles. The van der Waals surface area contributed by atoms with Crippen LogP contribution < -0.4 is 5.32 Å². The van der Waals surface area contributed by atoms with Crippen LogP contribution in [0, 0.1) is 0 Å². The van der Waals surface area contributed by atoms with E-state index in [9.17, 15) is 0 Å². The second-order valence-electron chi connectivity index (χ2n) is 4.70. The van der Waals surface area contributed by atoms with Gasteiger partial charge in [-0.1, -0.05) is 0 Å².